The molecule has 1 fully saturated rings. The summed E-state index contributed by atoms with van der Waals surface area (Å²) in [6.07, 6.45) is 0. The van der Waals surface area contributed by atoms with Gasteiger partial charge in [0.2, 0.25) is 0 Å². The molecule has 1 heterocycles. The molecule has 0 aromatic heterocycles. The first-order chi connectivity index (χ1) is 10.2. The molecule has 2 rings (SSSR count). The lowest BCUT2D eigenvalue weighted by molar-refractivity contribution is 0.0949. The van der Waals surface area contributed by atoms with Crippen LogP contribution in [0.3, 0.4) is 0 Å². The Hall–Kier alpha value is -1.27. The third-order valence-electron chi connectivity index (χ3n) is 3.43. The first kappa shape index (κ1) is 16.1. The van der Waals surface area contributed by atoms with Crippen molar-refractivity contribution in [1.29, 1.82) is 0 Å². The minimum atomic E-state index is -0.391. The fourth-order valence-electron chi connectivity index (χ4n) is 2.32. The first-order valence-corrected chi connectivity index (χ1v) is 8.48. The van der Waals surface area contributed by atoms with Gasteiger partial charge in [-0.15, -0.1) is 0 Å². The number of thioether (sulfide) groups is 1. The lowest BCUT2D eigenvalue weighted by atomic mass is 10.1. The van der Waals surface area contributed by atoms with Crippen LogP contribution in [0.5, 0.6) is 0 Å². The van der Waals surface area contributed by atoms with Crippen LogP contribution < -0.4 is 10.6 Å². The molecule has 0 aliphatic carbocycles. The molecule has 21 heavy (non-hydrogen) atoms. The van der Waals surface area contributed by atoms with Gasteiger partial charge in [-0.05, 0) is 19.1 Å². The Kier molecular flexibility index (Phi) is 6.32. The van der Waals surface area contributed by atoms with Gasteiger partial charge in [0.25, 0.3) is 5.91 Å². The minimum absolute atomic E-state index is 0.225. The number of halogens is 1. The van der Waals surface area contributed by atoms with Crippen molar-refractivity contribution in [2.45, 2.75) is 6.92 Å². The van der Waals surface area contributed by atoms with Gasteiger partial charge in [0.15, 0.2) is 0 Å². The van der Waals surface area contributed by atoms with E-state index in [1.165, 1.54) is 6.07 Å². The molecule has 0 bridgehead atoms. The standard InChI is InChI=1S/C15H22FN3OS/c1-2-17-14-12(4-3-5-13(14)16)15(20)18-6-7-19-8-10-21-11-9-19/h3-5,17H,2,6-11H2,1H3,(H,18,20). The topological polar surface area (TPSA) is 44.4 Å². The number of benzene rings is 1. The van der Waals surface area contributed by atoms with Crippen LogP contribution >= 0.6 is 11.8 Å². The average Bonchev–Trinajstić information content (AvgIpc) is 2.50. The maximum absolute atomic E-state index is 13.8. The van der Waals surface area contributed by atoms with Crippen LogP contribution in [0.15, 0.2) is 18.2 Å². The van der Waals surface area contributed by atoms with Gasteiger partial charge in [0.05, 0.1) is 11.3 Å². The van der Waals surface area contributed by atoms with Crippen LogP contribution in [-0.4, -0.2) is 55.0 Å². The highest BCUT2D eigenvalue weighted by Gasteiger charge is 2.15. The predicted molar refractivity (Wildman–Crippen MR) is 86.7 cm³/mol. The number of hydrogen-bond acceptors (Lipinski definition) is 4. The number of anilines is 1. The molecule has 2 N–H and O–H groups in total. The normalized spacial score (nSPS) is 15.7. The molecule has 1 saturated heterocycles. The van der Waals surface area contributed by atoms with Crippen LogP contribution in [0.1, 0.15) is 17.3 Å². The zero-order valence-electron chi connectivity index (χ0n) is 12.3. The van der Waals surface area contributed by atoms with E-state index in [2.05, 4.69) is 15.5 Å². The lowest BCUT2D eigenvalue weighted by Gasteiger charge is -2.26. The Labute approximate surface area is 129 Å². The van der Waals surface area contributed by atoms with Crippen LogP contribution in [-0.2, 0) is 0 Å². The van der Waals surface area contributed by atoms with Gasteiger partial charge in [0.1, 0.15) is 5.82 Å². The zero-order chi connectivity index (χ0) is 15.1. The van der Waals surface area contributed by atoms with Gasteiger partial charge in [-0.25, -0.2) is 4.39 Å². The van der Waals surface area contributed by atoms with E-state index in [0.29, 0.717) is 18.7 Å². The molecule has 1 amide bonds. The van der Waals surface area contributed by atoms with Gasteiger partial charge in [-0.1, -0.05) is 6.07 Å². The van der Waals surface area contributed by atoms with Crippen molar-refractivity contribution >= 4 is 23.4 Å². The van der Waals surface area contributed by atoms with Crippen molar-refractivity contribution in [3.63, 3.8) is 0 Å². The Morgan fingerprint density at radius 2 is 2.14 bits per heavy atom. The summed E-state index contributed by atoms with van der Waals surface area (Å²) in [5.41, 5.74) is 0.651. The Morgan fingerprint density at radius 1 is 1.38 bits per heavy atom. The molecule has 0 unspecified atom stereocenters. The summed E-state index contributed by atoms with van der Waals surface area (Å²) in [6, 6.07) is 4.57. The van der Waals surface area contributed by atoms with E-state index >= 15 is 0 Å². The molecule has 1 aromatic rings. The van der Waals surface area contributed by atoms with E-state index in [1.807, 2.05) is 18.7 Å². The molecule has 1 aromatic carbocycles. The summed E-state index contributed by atoms with van der Waals surface area (Å²) in [5.74, 6) is 1.69. The van der Waals surface area contributed by atoms with Crippen LogP contribution in [0.2, 0.25) is 0 Å². The van der Waals surface area contributed by atoms with Crippen LogP contribution in [0, 0.1) is 5.82 Å². The number of nitrogens with one attached hydrogen (secondary N) is 2. The third-order valence-corrected chi connectivity index (χ3v) is 4.37. The highest BCUT2D eigenvalue weighted by atomic mass is 32.2. The molecule has 0 spiro atoms. The van der Waals surface area contributed by atoms with Crippen LogP contribution in [0.4, 0.5) is 10.1 Å². The molecule has 116 valence electrons. The molecular formula is C15H22FN3OS. The summed E-state index contributed by atoms with van der Waals surface area (Å²) in [6.45, 7) is 6.03. The number of carbonyl (C=O) groups excluding carboxylic acids is 1. The number of rotatable bonds is 6. The third kappa shape index (κ3) is 4.61. The van der Waals surface area contributed by atoms with E-state index in [1.54, 1.807) is 12.1 Å². The first-order valence-electron chi connectivity index (χ1n) is 7.33. The Morgan fingerprint density at radius 3 is 2.86 bits per heavy atom. The second kappa shape index (κ2) is 8.24. The predicted octanol–water partition coefficient (Wildman–Crippen LogP) is 2.04. The molecule has 0 radical (unpaired) electrons. The van der Waals surface area contributed by atoms with E-state index in [0.717, 1.165) is 31.1 Å². The van der Waals surface area contributed by atoms with Gasteiger partial charge in [-0.2, -0.15) is 11.8 Å². The SMILES string of the molecule is CCNc1c(F)cccc1C(=O)NCCN1CCSCC1. The monoisotopic (exact) mass is 311 g/mol. The molecule has 1 aliphatic heterocycles. The van der Waals surface area contributed by atoms with Crippen LogP contribution in [0.25, 0.3) is 0 Å². The Bertz CT molecular complexity index is 478. The van der Waals surface area contributed by atoms with E-state index in [4.69, 9.17) is 0 Å². The van der Waals surface area contributed by atoms with Crippen molar-refractivity contribution in [3.05, 3.63) is 29.6 Å². The Balaban J connectivity index is 1.89. The van der Waals surface area contributed by atoms with Crippen molar-refractivity contribution in [2.75, 3.05) is 49.5 Å². The van der Waals surface area contributed by atoms with Crippen molar-refractivity contribution < 1.29 is 9.18 Å². The second-order valence-electron chi connectivity index (χ2n) is 4.90. The second-order valence-corrected chi connectivity index (χ2v) is 6.13. The summed E-state index contributed by atoms with van der Waals surface area (Å²) in [5, 5.41) is 5.79. The summed E-state index contributed by atoms with van der Waals surface area (Å²) < 4.78 is 13.8. The van der Waals surface area contributed by atoms with E-state index in [-0.39, 0.29) is 11.6 Å². The van der Waals surface area contributed by atoms with Crippen molar-refractivity contribution in [2.24, 2.45) is 0 Å². The number of nitrogens with zero attached hydrogens (tertiary/aromatic N) is 1. The summed E-state index contributed by atoms with van der Waals surface area (Å²) >= 11 is 1.97. The highest BCUT2D eigenvalue weighted by molar-refractivity contribution is 7.99. The fraction of sp³-hybridized carbons (Fsp3) is 0.533. The molecule has 0 atom stereocenters. The number of para-hydroxylation sites is 1. The van der Waals surface area contributed by atoms with Gasteiger partial charge in [-0.3, -0.25) is 9.69 Å². The zero-order valence-corrected chi connectivity index (χ0v) is 13.1. The fourth-order valence-corrected chi connectivity index (χ4v) is 3.30. The smallest absolute Gasteiger partial charge is 0.253 e. The maximum Gasteiger partial charge on any atom is 0.253 e. The lowest BCUT2D eigenvalue weighted by Crippen LogP contribution is -2.39. The molecule has 4 nitrogen and oxygen atoms in total. The van der Waals surface area contributed by atoms with Gasteiger partial charge >= 0.3 is 0 Å². The van der Waals surface area contributed by atoms with E-state index < -0.39 is 5.82 Å². The minimum Gasteiger partial charge on any atom is -0.382 e. The molecule has 1 aliphatic rings. The summed E-state index contributed by atoms with van der Waals surface area (Å²) in [7, 11) is 0. The van der Waals surface area contributed by atoms with E-state index in [9.17, 15) is 9.18 Å². The van der Waals surface area contributed by atoms with Crippen molar-refractivity contribution in [3.8, 4) is 0 Å². The number of hydrogen-bond donors (Lipinski definition) is 2. The molecular weight excluding hydrogens is 289 g/mol. The average molecular weight is 311 g/mol. The van der Waals surface area contributed by atoms with Crippen molar-refractivity contribution in [1.82, 2.24) is 10.2 Å². The number of carbonyl (C=O) groups is 1. The quantitative estimate of drug-likeness (QED) is 0.844. The number of amides is 1. The molecule has 0 saturated carbocycles. The van der Waals surface area contributed by atoms with Gasteiger partial charge < -0.3 is 10.6 Å². The maximum atomic E-state index is 13.8. The summed E-state index contributed by atoms with van der Waals surface area (Å²) in [4.78, 5) is 14.5. The highest BCUT2D eigenvalue weighted by Crippen LogP contribution is 2.19. The van der Waals surface area contributed by atoms with Gasteiger partial charge in [0, 0.05) is 44.2 Å². The molecule has 6 heteroatoms. The largest absolute Gasteiger partial charge is 0.382 e.